The topological polar surface area (TPSA) is 35.2 Å². The second-order valence-electron chi connectivity index (χ2n) is 5.07. The van der Waals surface area contributed by atoms with Crippen LogP contribution in [-0.4, -0.2) is 13.7 Å². The van der Waals surface area contributed by atoms with Crippen LogP contribution in [0.2, 0.25) is 0 Å². The smallest absolute Gasteiger partial charge is 0.119 e. The average molecular weight is 245 g/mol. The highest BCUT2D eigenvalue weighted by molar-refractivity contribution is 5.38. The molecule has 1 aliphatic carbocycles. The van der Waals surface area contributed by atoms with Crippen molar-refractivity contribution >= 4 is 0 Å². The van der Waals surface area contributed by atoms with Crippen molar-refractivity contribution in [3.8, 4) is 5.75 Å². The molecule has 0 radical (unpaired) electrons. The summed E-state index contributed by atoms with van der Waals surface area (Å²) in [5.41, 5.74) is 7.23. The summed E-state index contributed by atoms with van der Waals surface area (Å²) in [6.45, 7) is 0.763. The number of benzene rings is 1. The first-order valence-electron chi connectivity index (χ1n) is 6.83. The number of hydrogen-bond acceptors (Lipinski definition) is 2. The molecule has 0 fully saturated rings. The number of rotatable bonds is 5. The minimum Gasteiger partial charge on any atom is -0.497 e. The van der Waals surface area contributed by atoms with Crippen molar-refractivity contribution in [3.05, 3.63) is 42.0 Å². The van der Waals surface area contributed by atoms with Gasteiger partial charge in [0.2, 0.25) is 0 Å². The third-order valence-electron chi connectivity index (χ3n) is 3.90. The molecule has 1 aromatic rings. The maximum atomic E-state index is 5.69. The molecule has 2 N–H and O–H groups in total. The molecule has 0 amide bonds. The zero-order valence-corrected chi connectivity index (χ0v) is 11.2. The SMILES string of the molecule is COc1cccc(C2(CCCN)C=CCCC2)c1. The molecule has 0 saturated heterocycles. The third-order valence-corrected chi connectivity index (χ3v) is 3.90. The Hall–Kier alpha value is -1.28. The van der Waals surface area contributed by atoms with Gasteiger partial charge in [-0.1, -0.05) is 24.3 Å². The lowest BCUT2D eigenvalue weighted by Gasteiger charge is -2.34. The molecule has 1 atom stereocenters. The standard InChI is InChI=1S/C16H23NO/c1-18-15-8-5-7-14(13-15)16(11-6-12-17)9-3-2-4-10-16/h3,5,7-9,13H,2,4,6,10-12,17H2,1H3. The van der Waals surface area contributed by atoms with E-state index in [0.717, 1.165) is 25.1 Å². The molecule has 98 valence electrons. The summed E-state index contributed by atoms with van der Waals surface area (Å²) in [6, 6.07) is 8.48. The Morgan fingerprint density at radius 1 is 1.39 bits per heavy atom. The maximum Gasteiger partial charge on any atom is 0.119 e. The van der Waals surface area contributed by atoms with Crippen LogP contribution in [0, 0.1) is 0 Å². The second kappa shape index (κ2) is 6.05. The fraction of sp³-hybridized carbons (Fsp3) is 0.500. The van der Waals surface area contributed by atoms with Gasteiger partial charge < -0.3 is 10.5 Å². The van der Waals surface area contributed by atoms with E-state index >= 15 is 0 Å². The van der Waals surface area contributed by atoms with Gasteiger partial charge in [-0.3, -0.25) is 0 Å². The monoisotopic (exact) mass is 245 g/mol. The summed E-state index contributed by atoms with van der Waals surface area (Å²) >= 11 is 0. The minimum absolute atomic E-state index is 0.173. The quantitative estimate of drug-likeness (QED) is 0.807. The van der Waals surface area contributed by atoms with Gasteiger partial charge in [0.05, 0.1) is 7.11 Å². The Bertz CT molecular complexity index is 413. The molecule has 0 bridgehead atoms. The maximum absolute atomic E-state index is 5.69. The molecule has 18 heavy (non-hydrogen) atoms. The van der Waals surface area contributed by atoms with Gasteiger partial charge in [0.25, 0.3) is 0 Å². The lowest BCUT2D eigenvalue weighted by atomic mass is 9.70. The highest BCUT2D eigenvalue weighted by Crippen LogP contribution is 2.40. The van der Waals surface area contributed by atoms with Gasteiger partial charge in [0.1, 0.15) is 5.75 Å². The van der Waals surface area contributed by atoms with Crippen molar-refractivity contribution in [2.45, 2.75) is 37.5 Å². The lowest BCUT2D eigenvalue weighted by Crippen LogP contribution is -2.26. The lowest BCUT2D eigenvalue weighted by molar-refractivity contribution is 0.398. The van der Waals surface area contributed by atoms with Crippen LogP contribution in [0.5, 0.6) is 5.75 Å². The average Bonchev–Trinajstić information content (AvgIpc) is 2.46. The normalized spacial score (nSPS) is 23.0. The van der Waals surface area contributed by atoms with Crippen LogP contribution in [0.1, 0.15) is 37.7 Å². The molecule has 0 aromatic heterocycles. The fourth-order valence-corrected chi connectivity index (χ4v) is 2.87. The van der Waals surface area contributed by atoms with E-state index in [0.29, 0.717) is 0 Å². The van der Waals surface area contributed by atoms with Crippen molar-refractivity contribution in [1.29, 1.82) is 0 Å². The fourth-order valence-electron chi connectivity index (χ4n) is 2.87. The van der Waals surface area contributed by atoms with Crippen LogP contribution in [0.15, 0.2) is 36.4 Å². The summed E-state index contributed by atoms with van der Waals surface area (Å²) in [4.78, 5) is 0. The first-order chi connectivity index (χ1) is 8.80. The molecule has 2 heteroatoms. The van der Waals surface area contributed by atoms with Gasteiger partial charge in [-0.25, -0.2) is 0 Å². The Labute approximate surface area is 110 Å². The molecule has 2 nitrogen and oxygen atoms in total. The Balaban J connectivity index is 2.32. The number of methoxy groups -OCH3 is 1. The Morgan fingerprint density at radius 2 is 2.28 bits per heavy atom. The highest BCUT2D eigenvalue weighted by Gasteiger charge is 2.30. The van der Waals surface area contributed by atoms with Gasteiger partial charge in [-0.05, 0) is 56.3 Å². The molecular weight excluding hydrogens is 222 g/mol. The number of ether oxygens (including phenoxy) is 1. The van der Waals surface area contributed by atoms with Crippen molar-refractivity contribution in [3.63, 3.8) is 0 Å². The molecule has 0 heterocycles. The van der Waals surface area contributed by atoms with Crippen molar-refractivity contribution in [2.24, 2.45) is 5.73 Å². The van der Waals surface area contributed by atoms with Crippen LogP contribution in [0.3, 0.4) is 0 Å². The van der Waals surface area contributed by atoms with E-state index in [1.807, 2.05) is 6.07 Å². The van der Waals surface area contributed by atoms with Crippen LogP contribution in [0.25, 0.3) is 0 Å². The summed E-state index contributed by atoms with van der Waals surface area (Å²) in [5, 5.41) is 0. The van der Waals surface area contributed by atoms with Crippen molar-refractivity contribution in [2.75, 3.05) is 13.7 Å². The first kappa shape index (κ1) is 13.2. The van der Waals surface area contributed by atoms with Crippen LogP contribution < -0.4 is 10.5 Å². The zero-order chi connectivity index (χ0) is 12.8. The van der Waals surface area contributed by atoms with Gasteiger partial charge in [-0.15, -0.1) is 0 Å². The van der Waals surface area contributed by atoms with Gasteiger partial charge >= 0.3 is 0 Å². The minimum atomic E-state index is 0.173. The van der Waals surface area contributed by atoms with E-state index in [4.69, 9.17) is 10.5 Å². The molecular formula is C16H23NO. The number of nitrogens with two attached hydrogens (primary N) is 1. The molecule has 0 saturated carbocycles. The van der Waals surface area contributed by atoms with E-state index in [1.165, 1.54) is 24.8 Å². The van der Waals surface area contributed by atoms with Crippen LogP contribution in [0.4, 0.5) is 0 Å². The predicted octanol–water partition coefficient (Wildman–Crippen LogP) is 3.41. The predicted molar refractivity (Wildman–Crippen MR) is 76.0 cm³/mol. The van der Waals surface area contributed by atoms with Gasteiger partial charge in [-0.2, -0.15) is 0 Å². The largest absolute Gasteiger partial charge is 0.497 e. The first-order valence-corrected chi connectivity index (χ1v) is 6.83. The van der Waals surface area contributed by atoms with Gasteiger partial charge in [0.15, 0.2) is 0 Å². The van der Waals surface area contributed by atoms with E-state index in [1.54, 1.807) is 7.11 Å². The molecule has 1 aliphatic rings. The Morgan fingerprint density at radius 3 is 2.94 bits per heavy atom. The number of hydrogen-bond donors (Lipinski definition) is 1. The summed E-state index contributed by atoms with van der Waals surface area (Å²) in [7, 11) is 1.72. The molecule has 1 unspecified atom stereocenters. The summed E-state index contributed by atoms with van der Waals surface area (Å²) in [6.07, 6.45) is 10.6. The van der Waals surface area contributed by atoms with E-state index in [9.17, 15) is 0 Å². The summed E-state index contributed by atoms with van der Waals surface area (Å²) in [5.74, 6) is 0.943. The van der Waals surface area contributed by atoms with E-state index in [2.05, 4.69) is 30.4 Å². The van der Waals surface area contributed by atoms with E-state index in [-0.39, 0.29) is 5.41 Å². The molecule has 2 rings (SSSR count). The molecule has 0 aliphatic heterocycles. The Kier molecular flexibility index (Phi) is 4.43. The third kappa shape index (κ3) is 2.75. The van der Waals surface area contributed by atoms with Crippen molar-refractivity contribution in [1.82, 2.24) is 0 Å². The van der Waals surface area contributed by atoms with Gasteiger partial charge in [0, 0.05) is 5.41 Å². The van der Waals surface area contributed by atoms with Crippen LogP contribution >= 0.6 is 0 Å². The van der Waals surface area contributed by atoms with Crippen molar-refractivity contribution < 1.29 is 4.74 Å². The summed E-state index contributed by atoms with van der Waals surface area (Å²) < 4.78 is 5.35. The highest BCUT2D eigenvalue weighted by atomic mass is 16.5. The zero-order valence-electron chi connectivity index (χ0n) is 11.2. The number of allylic oxidation sites excluding steroid dienone is 2. The second-order valence-corrected chi connectivity index (χ2v) is 5.07. The molecule has 0 spiro atoms. The van der Waals surface area contributed by atoms with Crippen LogP contribution in [-0.2, 0) is 5.41 Å². The van der Waals surface area contributed by atoms with E-state index < -0.39 is 0 Å². The molecule has 1 aromatic carbocycles.